The number of hydrogen-bond donors (Lipinski definition) is 1. The SMILES string of the molecule is C[C@@H]1CO[C@@H](c2ccccc2)[C@@H](C)N1C(=O)CC1(N)CCC1. The molecule has 1 aromatic rings. The van der Waals surface area contributed by atoms with Gasteiger partial charge in [-0.05, 0) is 38.7 Å². The monoisotopic (exact) mass is 302 g/mol. The third kappa shape index (κ3) is 2.90. The highest BCUT2D eigenvalue weighted by molar-refractivity contribution is 5.78. The van der Waals surface area contributed by atoms with Crippen molar-refractivity contribution in [2.45, 2.75) is 63.3 Å². The van der Waals surface area contributed by atoms with Gasteiger partial charge >= 0.3 is 0 Å². The molecule has 2 aliphatic rings. The van der Waals surface area contributed by atoms with Crippen molar-refractivity contribution in [3.63, 3.8) is 0 Å². The van der Waals surface area contributed by atoms with Crippen molar-refractivity contribution in [3.8, 4) is 0 Å². The molecule has 2 fully saturated rings. The average molecular weight is 302 g/mol. The van der Waals surface area contributed by atoms with E-state index in [4.69, 9.17) is 10.5 Å². The zero-order valence-corrected chi connectivity index (χ0v) is 13.5. The van der Waals surface area contributed by atoms with Gasteiger partial charge < -0.3 is 15.4 Å². The Balaban J connectivity index is 1.75. The fourth-order valence-corrected chi connectivity index (χ4v) is 3.70. The summed E-state index contributed by atoms with van der Waals surface area (Å²) in [6.45, 7) is 4.71. The Morgan fingerprint density at radius 2 is 2.00 bits per heavy atom. The first-order valence-corrected chi connectivity index (χ1v) is 8.27. The maximum absolute atomic E-state index is 12.8. The molecule has 0 aromatic heterocycles. The second-order valence-corrected chi connectivity index (χ2v) is 6.95. The van der Waals surface area contributed by atoms with Gasteiger partial charge in [0.2, 0.25) is 5.91 Å². The first-order valence-electron chi connectivity index (χ1n) is 8.27. The van der Waals surface area contributed by atoms with Gasteiger partial charge in [0, 0.05) is 12.0 Å². The van der Waals surface area contributed by atoms with Crippen LogP contribution in [0.15, 0.2) is 30.3 Å². The Kier molecular flexibility index (Phi) is 4.24. The molecule has 0 unspecified atom stereocenters. The van der Waals surface area contributed by atoms with E-state index in [2.05, 4.69) is 26.0 Å². The van der Waals surface area contributed by atoms with Gasteiger partial charge in [-0.3, -0.25) is 4.79 Å². The number of carbonyl (C=O) groups is 1. The first-order chi connectivity index (χ1) is 10.5. The van der Waals surface area contributed by atoms with E-state index in [0.717, 1.165) is 24.8 Å². The minimum absolute atomic E-state index is 0.0299. The molecule has 0 radical (unpaired) electrons. The molecule has 22 heavy (non-hydrogen) atoms. The average Bonchev–Trinajstić information content (AvgIpc) is 2.46. The summed E-state index contributed by atoms with van der Waals surface area (Å²) in [4.78, 5) is 14.8. The Morgan fingerprint density at radius 1 is 1.32 bits per heavy atom. The van der Waals surface area contributed by atoms with Crippen LogP contribution in [-0.2, 0) is 9.53 Å². The predicted molar refractivity (Wildman–Crippen MR) is 86.3 cm³/mol. The van der Waals surface area contributed by atoms with Gasteiger partial charge in [-0.2, -0.15) is 0 Å². The number of morpholine rings is 1. The lowest BCUT2D eigenvalue weighted by atomic mass is 9.75. The van der Waals surface area contributed by atoms with Gasteiger partial charge in [0.1, 0.15) is 6.10 Å². The van der Waals surface area contributed by atoms with Crippen LogP contribution in [0.2, 0.25) is 0 Å². The summed E-state index contributed by atoms with van der Waals surface area (Å²) in [6.07, 6.45) is 3.48. The van der Waals surface area contributed by atoms with Crippen LogP contribution in [0.3, 0.4) is 0 Å². The van der Waals surface area contributed by atoms with Crippen molar-refractivity contribution in [3.05, 3.63) is 35.9 Å². The van der Waals surface area contributed by atoms with E-state index >= 15 is 0 Å². The fourth-order valence-electron chi connectivity index (χ4n) is 3.70. The molecule has 1 aliphatic heterocycles. The van der Waals surface area contributed by atoms with E-state index in [-0.39, 0.29) is 29.6 Å². The lowest BCUT2D eigenvalue weighted by Gasteiger charge is -2.46. The van der Waals surface area contributed by atoms with Gasteiger partial charge in [0.05, 0.1) is 18.7 Å². The van der Waals surface area contributed by atoms with E-state index in [1.54, 1.807) is 0 Å². The quantitative estimate of drug-likeness (QED) is 0.934. The van der Waals surface area contributed by atoms with Crippen LogP contribution in [0.4, 0.5) is 0 Å². The molecular weight excluding hydrogens is 276 g/mol. The number of ether oxygens (including phenoxy) is 1. The summed E-state index contributed by atoms with van der Waals surface area (Å²) in [7, 11) is 0. The van der Waals surface area contributed by atoms with E-state index < -0.39 is 0 Å². The summed E-state index contributed by atoms with van der Waals surface area (Å²) < 4.78 is 6.01. The van der Waals surface area contributed by atoms with E-state index in [1.165, 1.54) is 0 Å². The van der Waals surface area contributed by atoms with E-state index in [0.29, 0.717) is 13.0 Å². The van der Waals surface area contributed by atoms with Crippen molar-refractivity contribution in [2.75, 3.05) is 6.61 Å². The molecule has 1 aromatic carbocycles. The molecule has 1 aliphatic carbocycles. The van der Waals surface area contributed by atoms with Crippen molar-refractivity contribution in [1.29, 1.82) is 0 Å². The molecule has 0 spiro atoms. The number of rotatable bonds is 3. The molecule has 120 valence electrons. The zero-order valence-electron chi connectivity index (χ0n) is 13.5. The third-order valence-corrected chi connectivity index (χ3v) is 5.14. The second kappa shape index (κ2) is 6.01. The van der Waals surface area contributed by atoms with Crippen LogP contribution < -0.4 is 5.73 Å². The van der Waals surface area contributed by atoms with Crippen molar-refractivity contribution in [2.24, 2.45) is 5.73 Å². The summed E-state index contributed by atoms with van der Waals surface area (Å²) >= 11 is 0. The largest absolute Gasteiger partial charge is 0.369 e. The molecule has 1 heterocycles. The zero-order chi connectivity index (χ0) is 15.7. The molecular formula is C18H26N2O2. The van der Waals surface area contributed by atoms with Crippen LogP contribution in [0.5, 0.6) is 0 Å². The number of benzene rings is 1. The highest BCUT2D eigenvalue weighted by atomic mass is 16.5. The summed E-state index contributed by atoms with van der Waals surface area (Å²) in [5.41, 5.74) is 7.13. The van der Waals surface area contributed by atoms with Crippen LogP contribution in [-0.4, -0.2) is 35.0 Å². The number of amides is 1. The summed E-state index contributed by atoms with van der Waals surface area (Å²) in [6, 6.07) is 10.3. The minimum Gasteiger partial charge on any atom is -0.369 e. The van der Waals surface area contributed by atoms with Gasteiger partial charge in [0.15, 0.2) is 0 Å². The van der Waals surface area contributed by atoms with Crippen LogP contribution >= 0.6 is 0 Å². The number of nitrogens with two attached hydrogens (primary N) is 1. The topological polar surface area (TPSA) is 55.6 Å². The van der Waals surface area contributed by atoms with E-state index in [9.17, 15) is 4.79 Å². The maximum atomic E-state index is 12.8. The second-order valence-electron chi connectivity index (χ2n) is 6.95. The van der Waals surface area contributed by atoms with Crippen molar-refractivity contribution in [1.82, 2.24) is 4.90 Å². The lowest BCUT2D eigenvalue weighted by molar-refractivity contribution is -0.155. The van der Waals surface area contributed by atoms with Crippen molar-refractivity contribution >= 4 is 5.91 Å². The van der Waals surface area contributed by atoms with Crippen LogP contribution in [0, 0.1) is 0 Å². The molecule has 4 nitrogen and oxygen atoms in total. The van der Waals surface area contributed by atoms with Crippen LogP contribution in [0.1, 0.15) is 51.2 Å². The molecule has 4 heteroatoms. The summed E-state index contributed by atoms with van der Waals surface area (Å²) in [5.74, 6) is 0.173. The molecule has 3 rings (SSSR count). The van der Waals surface area contributed by atoms with Gasteiger partial charge in [0.25, 0.3) is 0 Å². The third-order valence-electron chi connectivity index (χ3n) is 5.14. The van der Waals surface area contributed by atoms with Gasteiger partial charge in [-0.1, -0.05) is 30.3 Å². The lowest BCUT2D eigenvalue weighted by Crippen LogP contribution is -2.57. The molecule has 2 N–H and O–H groups in total. The number of carbonyl (C=O) groups excluding carboxylic acids is 1. The summed E-state index contributed by atoms with van der Waals surface area (Å²) in [5, 5.41) is 0. The fraction of sp³-hybridized carbons (Fsp3) is 0.611. The molecule has 1 saturated carbocycles. The number of nitrogens with zero attached hydrogens (tertiary/aromatic N) is 1. The Hall–Kier alpha value is -1.39. The normalized spacial score (nSPS) is 30.7. The number of hydrogen-bond acceptors (Lipinski definition) is 3. The van der Waals surface area contributed by atoms with Gasteiger partial charge in [-0.25, -0.2) is 0 Å². The van der Waals surface area contributed by atoms with Crippen molar-refractivity contribution < 1.29 is 9.53 Å². The first kappa shape index (κ1) is 15.5. The molecule has 3 atom stereocenters. The molecule has 1 saturated heterocycles. The highest BCUT2D eigenvalue weighted by Gasteiger charge is 2.41. The van der Waals surface area contributed by atoms with Gasteiger partial charge in [-0.15, -0.1) is 0 Å². The Morgan fingerprint density at radius 3 is 2.59 bits per heavy atom. The minimum atomic E-state index is -0.267. The van der Waals surface area contributed by atoms with Crippen LogP contribution in [0.25, 0.3) is 0 Å². The molecule has 1 amide bonds. The Labute approximate surface area is 132 Å². The highest BCUT2D eigenvalue weighted by Crippen LogP contribution is 2.36. The maximum Gasteiger partial charge on any atom is 0.225 e. The molecule has 0 bridgehead atoms. The van der Waals surface area contributed by atoms with E-state index in [1.807, 2.05) is 23.1 Å². The smallest absolute Gasteiger partial charge is 0.225 e. The standard InChI is InChI=1S/C18H26N2O2/c1-13-12-22-17(15-7-4-3-5-8-15)14(2)20(13)16(21)11-18(19)9-6-10-18/h3-5,7-8,13-14,17H,6,9-12,19H2,1-2H3/t13-,14-,17-/m1/s1. The predicted octanol–water partition coefficient (Wildman–Crippen LogP) is 2.64. The Bertz CT molecular complexity index is 527.